The number of nitrogens with one attached hydrogen (secondary N) is 2. The molecule has 0 spiro atoms. The fourth-order valence-corrected chi connectivity index (χ4v) is 7.70. The summed E-state index contributed by atoms with van der Waals surface area (Å²) in [6.07, 6.45) is 6.11. The van der Waals surface area contributed by atoms with Gasteiger partial charge >= 0.3 is 7.55 Å². The number of unbranched alkanes of at least 4 members (excludes halogenated alkanes) is 2. The van der Waals surface area contributed by atoms with Crippen LogP contribution in [0.1, 0.15) is 119 Å². The molecule has 302 valence electrons. The van der Waals surface area contributed by atoms with Gasteiger partial charge in [-0.05, 0) is 49.9 Å². The summed E-state index contributed by atoms with van der Waals surface area (Å²) in [5.74, 6) is -1.97. The van der Waals surface area contributed by atoms with Crippen LogP contribution in [0.15, 0.2) is 0 Å². The third-order valence-corrected chi connectivity index (χ3v) is 11.2. The maximum atomic E-state index is 14.4. The van der Waals surface area contributed by atoms with E-state index in [1.165, 1.54) is 7.11 Å². The van der Waals surface area contributed by atoms with Gasteiger partial charge in [0.15, 0.2) is 0 Å². The Balaban J connectivity index is 2.27. The van der Waals surface area contributed by atoms with Crippen LogP contribution < -0.4 is 16.3 Å². The Labute approximate surface area is 319 Å². The topological polar surface area (TPSA) is 174 Å². The van der Waals surface area contributed by atoms with Crippen molar-refractivity contribution in [2.24, 2.45) is 29.4 Å². The van der Waals surface area contributed by atoms with Crippen LogP contribution in [0.25, 0.3) is 0 Å². The molecule has 4 amide bonds. The number of ether oxygens (including phenoxy) is 2. The molecule has 1 aromatic rings. The smallest absolute Gasteiger partial charge is 0.349 e. The van der Waals surface area contributed by atoms with Gasteiger partial charge in [0.25, 0.3) is 0 Å². The summed E-state index contributed by atoms with van der Waals surface area (Å²) in [4.78, 5) is 57.8. The van der Waals surface area contributed by atoms with Gasteiger partial charge < -0.3 is 35.6 Å². The van der Waals surface area contributed by atoms with E-state index < -0.39 is 42.2 Å². The lowest BCUT2D eigenvalue weighted by Crippen LogP contribution is -2.60. The fraction of sp³-hybridized carbons (Fsp3) is 0.842. The highest BCUT2D eigenvalue weighted by Gasteiger charge is 2.42. The number of amides is 4. The molecule has 2 rings (SSSR count). The van der Waals surface area contributed by atoms with Gasteiger partial charge in [0.1, 0.15) is 6.04 Å². The first kappa shape index (κ1) is 46.1. The number of hydrogen-bond donors (Lipinski definition) is 3. The van der Waals surface area contributed by atoms with Gasteiger partial charge in [0.2, 0.25) is 23.6 Å². The molecule has 0 radical (unpaired) electrons. The molecule has 53 heavy (non-hydrogen) atoms. The van der Waals surface area contributed by atoms with Gasteiger partial charge in [-0.25, -0.2) is 0 Å². The van der Waals surface area contributed by atoms with Crippen molar-refractivity contribution in [3.05, 3.63) is 11.4 Å². The summed E-state index contributed by atoms with van der Waals surface area (Å²) in [6, 6.07) is -2.13. The molecule has 1 aliphatic heterocycles. The second kappa shape index (κ2) is 22.4. The SMILES string of the molecule is CCCCCc1c(CC)nnn1BNC(C(=O)N[C@H](C(=O)N(C)[C@@H]([C@@H](C)CC)[C@@H](CC(=O)N1CCC[C@H]1[C@H](OC)[C@@H](C)C(N)=O)OC)C(C)C)C(C)C. The third-order valence-electron chi connectivity index (χ3n) is 11.2. The number of methoxy groups -OCH3 is 2. The predicted octanol–water partition coefficient (Wildman–Crippen LogP) is 2.85. The minimum atomic E-state index is -0.807. The molecule has 2 heterocycles. The van der Waals surface area contributed by atoms with Gasteiger partial charge in [-0.15, -0.1) is 5.10 Å². The molecule has 0 saturated carbocycles. The number of aromatic nitrogens is 3. The molecular weight excluding hydrogens is 675 g/mol. The number of primary amides is 1. The van der Waals surface area contributed by atoms with Crippen molar-refractivity contribution in [1.29, 1.82) is 0 Å². The number of likely N-dealkylation sites (N-methyl/N-ethyl adjacent to an activating group) is 1. The molecule has 1 aliphatic rings. The van der Waals surface area contributed by atoms with Crippen LogP contribution in [-0.4, -0.2) is 120 Å². The van der Waals surface area contributed by atoms with Crippen molar-refractivity contribution in [3.63, 3.8) is 0 Å². The average Bonchev–Trinajstić information content (AvgIpc) is 3.77. The van der Waals surface area contributed by atoms with E-state index in [0.717, 1.165) is 56.3 Å². The second-order valence-electron chi connectivity index (χ2n) is 15.6. The largest absolute Gasteiger partial charge is 0.379 e. The number of carbonyl (C=O) groups excluding carboxylic acids is 4. The molecule has 15 heteroatoms. The maximum Gasteiger partial charge on any atom is 0.349 e. The first-order valence-corrected chi connectivity index (χ1v) is 20.0. The Kier molecular flexibility index (Phi) is 19.5. The van der Waals surface area contributed by atoms with E-state index in [4.69, 9.17) is 15.2 Å². The van der Waals surface area contributed by atoms with Gasteiger partial charge in [0, 0.05) is 33.5 Å². The van der Waals surface area contributed by atoms with E-state index >= 15 is 0 Å². The maximum absolute atomic E-state index is 14.4. The molecule has 0 aliphatic carbocycles. The van der Waals surface area contributed by atoms with Crippen LogP contribution in [0.5, 0.6) is 0 Å². The van der Waals surface area contributed by atoms with Crippen LogP contribution >= 0.6 is 0 Å². The normalized spacial score (nSPS) is 18.7. The van der Waals surface area contributed by atoms with E-state index in [9.17, 15) is 19.2 Å². The molecule has 1 fully saturated rings. The summed E-state index contributed by atoms with van der Waals surface area (Å²) in [5, 5.41) is 15.3. The van der Waals surface area contributed by atoms with Crippen molar-refractivity contribution < 1.29 is 28.7 Å². The lowest BCUT2D eigenvalue weighted by molar-refractivity contribution is -0.147. The minimum Gasteiger partial charge on any atom is -0.379 e. The summed E-state index contributed by atoms with van der Waals surface area (Å²) in [6.45, 7) is 18.4. The zero-order chi connectivity index (χ0) is 40.0. The van der Waals surface area contributed by atoms with Crippen LogP contribution in [0, 0.1) is 23.7 Å². The lowest BCUT2D eigenvalue weighted by atomic mass is 9.89. The molecule has 8 atom stereocenters. The van der Waals surface area contributed by atoms with E-state index in [1.54, 1.807) is 30.9 Å². The molecule has 1 unspecified atom stereocenters. The average molecular weight is 747 g/mol. The van der Waals surface area contributed by atoms with E-state index in [0.29, 0.717) is 20.5 Å². The van der Waals surface area contributed by atoms with Crippen LogP contribution in [0.3, 0.4) is 0 Å². The summed E-state index contributed by atoms with van der Waals surface area (Å²) in [5.41, 5.74) is 7.68. The lowest BCUT2D eigenvalue weighted by Gasteiger charge is -2.41. The third kappa shape index (κ3) is 12.2. The second-order valence-corrected chi connectivity index (χ2v) is 15.6. The summed E-state index contributed by atoms with van der Waals surface area (Å²) in [7, 11) is 5.17. The Morgan fingerprint density at radius 3 is 2.19 bits per heavy atom. The highest BCUT2D eigenvalue weighted by atomic mass is 16.5. The van der Waals surface area contributed by atoms with E-state index in [2.05, 4.69) is 34.7 Å². The molecule has 1 saturated heterocycles. The number of aryl methyl sites for hydroxylation is 1. The zero-order valence-corrected chi connectivity index (χ0v) is 34.8. The first-order valence-electron chi connectivity index (χ1n) is 20.0. The number of hydrogen-bond acceptors (Lipinski definition) is 9. The Hall–Kier alpha value is -3.04. The highest BCUT2D eigenvalue weighted by Crippen LogP contribution is 2.29. The number of rotatable bonds is 24. The van der Waals surface area contributed by atoms with Gasteiger partial charge in [-0.3, -0.25) is 23.8 Å². The monoisotopic (exact) mass is 747 g/mol. The summed E-state index contributed by atoms with van der Waals surface area (Å²) < 4.78 is 13.6. The molecule has 1 aromatic heterocycles. The molecular formula is C38H71BN8O6. The molecule has 0 bridgehead atoms. The number of nitrogens with zero attached hydrogens (tertiary/aromatic N) is 5. The quantitative estimate of drug-likeness (QED) is 0.106. The fourth-order valence-electron chi connectivity index (χ4n) is 7.70. The van der Waals surface area contributed by atoms with Crippen molar-refractivity contribution in [2.45, 2.75) is 156 Å². The zero-order valence-electron chi connectivity index (χ0n) is 34.8. The van der Waals surface area contributed by atoms with Crippen molar-refractivity contribution in [1.82, 2.24) is 35.2 Å². The molecule has 4 N–H and O–H groups in total. The number of nitrogens with two attached hydrogens (primary N) is 1. The predicted molar refractivity (Wildman–Crippen MR) is 209 cm³/mol. The number of carbonyl (C=O) groups is 4. The van der Waals surface area contributed by atoms with Crippen molar-refractivity contribution in [3.8, 4) is 0 Å². The van der Waals surface area contributed by atoms with Crippen LogP contribution in [0.2, 0.25) is 0 Å². The Morgan fingerprint density at radius 2 is 1.66 bits per heavy atom. The van der Waals surface area contributed by atoms with Gasteiger partial charge in [-0.1, -0.05) is 86.8 Å². The minimum absolute atomic E-state index is 0.0199. The van der Waals surface area contributed by atoms with Crippen LogP contribution in [-0.2, 0) is 41.5 Å². The van der Waals surface area contributed by atoms with Crippen molar-refractivity contribution in [2.75, 3.05) is 27.8 Å². The highest BCUT2D eigenvalue weighted by molar-refractivity contribution is 6.30. The van der Waals surface area contributed by atoms with E-state index in [-0.39, 0.29) is 47.9 Å². The van der Waals surface area contributed by atoms with Gasteiger partial charge in [0.05, 0.1) is 48.4 Å². The standard InChI is InChI=1S/C38H71BN8O6/c1-13-16-17-19-28-27(15-3)43-44-47(28)39-42-32(23(4)5)37(50)41-33(24(6)7)38(51)45(10)34(25(8)14-2)30(52-11)22-31(48)46-21-18-20-29(46)35(53-12)26(9)36(40)49/h23-26,29-30,32-35,39,42H,13-22H2,1-12H3,(H2,40,49)(H,41,50)/t25-,26+,29-,30+,32?,33-,34-,35+/m0/s1. The molecule has 14 nitrogen and oxygen atoms in total. The van der Waals surface area contributed by atoms with Crippen molar-refractivity contribution >= 4 is 31.2 Å². The molecule has 0 aromatic carbocycles. The summed E-state index contributed by atoms with van der Waals surface area (Å²) >= 11 is 0. The van der Waals surface area contributed by atoms with E-state index in [1.807, 2.05) is 46.1 Å². The first-order chi connectivity index (χ1) is 25.1. The van der Waals surface area contributed by atoms with Gasteiger partial charge in [-0.2, -0.15) is 0 Å². The Bertz CT molecular complexity index is 1310. The number of likely N-dealkylation sites (tertiary alicyclic amines) is 1. The Morgan fingerprint density at radius 1 is 1.00 bits per heavy atom. The van der Waals surface area contributed by atoms with Crippen LogP contribution in [0.4, 0.5) is 0 Å².